The molecule has 0 unspecified atom stereocenters. The molecule has 2 atom stereocenters. The van der Waals surface area contributed by atoms with Crippen LogP contribution < -0.4 is 5.32 Å². The van der Waals surface area contributed by atoms with Gasteiger partial charge in [-0.3, -0.25) is 9.59 Å². The van der Waals surface area contributed by atoms with Crippen LogP contribution in [-0.2, 0) is 16.0 Å². The summed E-state index contributed by atoms with van der Waals surface area (Å²) in [5.41, 5.74) is 1.67. The molecule has 1 aliphatic heterocycles. The van der Waals surface area contributed by atoms with E-state index in [9.17, 15) is 24.7 Å². The quantitative estimate of drug-likeness (QED) is 0.317. The first-order chi connectivity index (χ1) is 15.5. The van der Waals surface area contributed by atoms with E-state index < -0.39 is 18.1 Å². The number of carboxylic acid groups (broad SMARTS) is 1. The van der Waals surface area contributed by atoms with Crippen LogP contribution >= 0.6 is 0 Å². The summed E-state index contributed by atoms with van der Waals surface area (Å²) in [6.07, 6.45) is 1.56. The van der Waals surface area contributed by atoms with Crippen molar-refractivity contribution in [2.24, 2.45) is 5.16 Å². The largest absolute Gasteiger partial charge is 0.480 e. The van der Waals surface area contributed by atoms with Gasteiger partial charge in [-0.15, -0.1) is 0 Å². The van der Waals surface area contributed by atoms with Gasteiger partial charge in [-0.05, 0) is 43.4 Å². The summed E-state index contributed by atoms with van der Waals surface area (Å²) in [7, 11) is 0. The lowest BCUT2D eigenvalue weighted by atomic mass is 9.98. The molecule has 3 N–H and O–H groups in total. The third kappa shape index (κ3) is 5.94. The molecule has 168 valence electrons. The van der Waals surface area contributed by atoms with Crippen molar-refractivity contribution >= 4 is 23.5 Å². The number of hydrogen-bond acceptors (Lipinski definition) is 5. The van der Waals surface area contributed by atoms with Crippen LogP contribution in [0.25, 0.3) is 0 Å². The Balaban J connectivity index is 1.72. The maximum atomic E-state index is 12.7. The number of aliphatic carboxylic acids is 1. The Morgan fingerprint density at radius 1 is 1.03 bits per heavy atom. The second-order valence-electron chi connectivity index (χ2n) is 7.76. The highest BCUT2D eigenvalue weighted by molar-refractivity contribution is 6.00. The molecule has 0 spiro atoms. The van der Waals surface area contributed by atoms with Gasteiger partial charge in [0.15, 0.2) is 0 Å². The highest BCUT2D eigenvalue weighted by atomic mass is 16.4. The van der Waals surface area contributed by atoms with Crippen LogP contribution in [0.15, 0.2) is 65.8 Å². The first kappa shape index (κ1) is 23.0. The van der Waals surface area contributed by atoms with Crippen molar-refractivity contribution in [3.05, 3.63) is 71.8 Å². The zero-order valence-electron chi connectivity index (χ0n) is 17.7. The maximum Gasteiger partial charge on any atom is 0.326 e. The number of carbonyl (C=O) groups is 3. The van der Waals surface area contributed by atoms with Crippen molar-refractivity contribution in [3.63, 3.8) is 0 Å². The number of nitrogens with zero attached hydrogens (tertiary/aromatic N) is 2. The Kier molecular flexibility index (Phi) is 7.96. The molecule has 0 aromatic heterocycles. The van der Waals surface area contributed by atoms with Crippen molar-refractivity contribution in [2.75, 3.05) is 6.54 Å². The lowest BCUT2D eigenvalue weighted by Gasteiger charge is -2.23. The lowest BCUT2D eigenvalue weighted by Crippen LogP contribution is -2.44. The molecule has 2 aromatic rings. The average Bonchev–Trinajstić information content (AvgIpc) is 3.31. The standard InChI is InChI=1S/C24H27N3O5/c28-22(27-15-7-12-21(27)24(30)31)14-13-19(26-32)20(16-17-8-3-1-4-9-17)25-23(29)18-10-5-2-6-11-18/h1-6,8-11,20-21,32H,7,12-16H2,(H,25,29)(H,30,31)/t20-,21+/m1/s1. The predicted octanol–water partition coefficient (Wildman–Crippen LogP) is 2.71. The number of likely N-dealkylation sites (tertiary alicyclic amines) is 1. The fourth-order valence-corrected chi connectivity index (χ4v) is 3.93. The monoisotopic (exact) mass is 437 g/mol. The Bertz CT molecular complexity index is 962. The number of rotatable bonds is 9. The Hall–Kier alpha value is -3.68. The van der Waals surface area contributed by atoms with E-state index in [0.717, 1.165) is 5.56 Å². The van der Waals surface area contributed by atoms with Gasteiger partial charge >= 0.3 is 5.97 Å². The SMILES string of the molecule is O=C(N[C@H](Cc1ccccc1)C(CCC(=O)N1CCC[C@H]1C(=O)O)=NO)c1ccccc1. The zero-order valence-corrected chi connectivity index (χ0v) is 17.7. The molecule has 1 heterocycles. The summed E-state index contributed by atoms with van der Waals surface area (Å²) in [6.45, 7) is 0.402. The van der Waals surface area contributed by atoms with E-state index in [1.807, 2.05) is 36.4 Å². The fraction of sp³-hybridized carbons (Fsp3) is 0.333. The van der Waals surface area contributed by atoms with Crippen molar-refractivity contribution in [3.8, 4) is 0 Å². The summed E-state index contributed by atoms with van der Waals surface area (Å²) in [5.74, 6) is -1.63. The van der Waals surface area contributed by atoms with Gasteiger partial charge < -0.3 is 20.5 Å². The van der Waals surface area contributed by atoms with Crippen LogP contribution in [0.3, 0.4) is 0 Å². The Labute approximate surface area is 186 Å². The molecule has 1 saturated heterocycles. The molecule has 0 bridgehead atoms. The van der Waals surface area contributed by atoms with Gasteiger partial charge in [-0.2, -0.15) is 0 Å². The summed E-state index contributed by atoms with van der Waals surface area (Å²) < 4.78 is 0. The van der Waals surface area contributed by atoms with Crippen molar-refractivity contribution in [1.82, 2.24) is 10.2 Å². The summed E-state index contributed by atoms with van der Waals surface area (Å²) in [5, 5.41) is 25.3. The molecule has 0 aliphatic carbocycles. The van der Waals surface area contributed by atoms with Crippen LogP contribution in [0.2, 0.25) is 0 Å². The molecule has 8 nitrogen and oxygen atoms in total. The third-order valence-electron chi connectivity index (χ3n) is 5.61. The lowest BCUT2D eigenvalue weighted by molar-refractivity contribution is -0.148. The Morgan fingerprint density at radius 3 is 2.31 bits per heavy atom. The molecule has 32 heavy (non-hydrogen) atoms. The van der Waals surface area contributed by atoms with Gasteiger partial charge in [0.2, 0.25) is 5.91 Å². The van der Waals surface area contributed by atoms with Gasteiger partial charge in [0.1, 0.15) is 6.04 Å². The Morgan fingerprint density at radius 2 is 1.69 bits per heavy atom. The van der Waals surface area contributed by atoms with E-state index in [2.05, 4.69) is 10.5 Å². The first-order valence-electron chi connectivity index (χ1n) is 10.6. The number of carbonyl (C=O) groups excluding carboxylic acids is 2. The summed E-state index contributed by atoms with van der Waals surface area (Å²) >= 11 is 0. The number of carboxylic acids is 1. The minimum absolute atomic E-state index is 0.00430. The number of hydrogen-bond donors (Lipinski definition) is 3. The van der Waals surface area contributed by atoms with Crippen LogP contribution in [0, 0.1) is 0 Å². The second-order valence-corrected chi connectivity index (χ2v) is 7.76. The van der Waals surface area contributed by atoms with E-state index in [0.29, 0.717) is 31.4 Å². The van der Waals surface area contributed by atoms with Gasteiger partial charge in [0.25, 0.3) is 5.91 Å². The van der Waals surface area contributed by atoms with Crippen molar-refractivity contribution < 1.29 is 24.7 Å². The molecular weight excluding hydrogens is 410 g/mol. The van der Waals surface area contributed by atoms with E-state index >= 15 is 0 Å². The summed E-state index contributed by atoms with van der Waals surface area (Å²) in [6, 6.07) is 16.7. The maximum absolute atomic E-state index is 12.7. The highest BCUT2D eigenvalue weighted by Crippen LogP contribution is 2.19. The second kappa shape index (κ2) is 11.1. The number of oxime groups is 1. The van der Waals surface area contributed by atoms with Crippen LogP contribution in [-0.4, -0.2) is 57.3 Å². The molecule has 3 rings (SSSR count). The predicted molar refractivity (Wildman–Crippen MR) is 119 cm³/mol. The third-order valence-corrected chi connectivity index (χ3v) is 5.61. The first-order valence-corrected chi connectivity index (χ1v) is 10.6. The fourth-order valence-electron chi connectivity index (χ4n) is 3.93. The van der Waals surface area contributed by atoms with Gasteiger partial charge in [-0.25, -0.2) is 4.79 Å². The molecule has 2 amide bonds. The number of nitrogens with one attached hydrogen (secondary N) is 1. The molecular formula is C24H27N3O5. The van der Waals surface area contributed by atoms with E-state index in [4.69, 9.17) is 0 Å². The molecule has 1 aliphatic rings. The minimum atomic E-state index is -1.01. The van der Waals surface area contributed by atoms with Crippen LogP contribution in [0.4, 0.5) is 0 Å². The molecule has 8 heteroatoms. The van der Waals surface area contributed by atoms with Gasteiger partial charge in [0, 0.05) is 18.5 Å². The molecule has 0 saturated carbocycles. The van der Waals surface area contributed by atoms with Crippen LogP contribution in [0.1, 0.15) is 41.6 Å². The van der Waals surface area contributed by atoms with Gasteiger partial charge in [0.05, 0.1) is 11.8 Å². The topological polar surface area (TPSA) is 119 Å². The smallest absolute Gasteiger partial charge is 0.326 e. The number of benzene rings is 2. The normalized spacial score (nSPS) is 17.1. The highest BCUT2D eigenvalue weighted by Gasteiger charge is 2.34. The molecule has 0 radical (unpaired) electrons. The van der Waals surface area contributed by atoms with E-state index in [1.165, 1.54) is 4.90 Å². The molecule has 2 aromatic carbocycles. The van der Waals surface area contributed by atoms with Gasteiger partial charge in [-0.1, -0.05) is 53.7 Å². The van der Waals surface area contributed by atoms with E-state index in [1.54, 1.807) is 24.3 Å². The zero-order chi connectivity index (χ0) is 22.9. The number of amides is 2. The van der Waals surface area contributed by atoms with Crippen LogP contribution in [0.5, 0.6) is 0 Å². The van der Waals surface area contributed by atoms with Crippen molar-refractivity contribution in [1.29, 1.82) is 0 Å². The minimum Gasteiger partial charge on any atom is -0.480 e. The molecule has 1 fully saturated rings. The average molecular weight is 437 g/mol. The van der Waals surface area contributed by atoms with Crippen molar-refractivity contribution in [2.45, 2.75) is 44.2 Å². The van der Waals surface area contributed by atoms with E-state index in [-0.39, 0.29) is 30.4 Å². The summed E-state index contributed by atoms with van der Waals surface area (Å²) in [4.78, 5) is 38.1.